The molecule has 1 aromatic carbocycles. The van der Waals surface area contributed by atoms with Gasteiger partial charge in [-0.25, -0.2) is 13.2 Å². The van der Waals surface area contributed by atoms with Crippen LogP contribution in [0.15, 0.2) is 52.0 Å². The summed E-state index contributed by atoms with van der Waals surface area (Å²) in [5.74, 6) is -1.66. The van der Waals surface area contributed by atoms with Gasteiger partial charge in [0.05, 0.1) is 16.9 Å². The van der Waals surface area contributed by atoms with E-state index in [0.717, 1.165) is 0 Å². The highest BCUT2D eigenvalue weighted by molar-refractivity contribution is 7.90. The molecule has 0 saturated carbocycles. The Morgan fingerprint density at radius 3 is 2.37 bits per heavy atom. The van der Waals surface area contributed by atoms with Crippen LogP contribution in [0.25, 0.3) is 0 Å². The second-order valence-corrected chi connectivity index (χ2v) is 7.38. The van der Waals surface area contributed by atoms with Crippen molar-refractivity contribution in [3.05, 3.63) is 59.8 Å². The van der Waals surface area contributed by atoms with E-state index in [1.165, 1.54) is 24.5 Å². The zero-order chi connectivity index (χ0) is 19.4. The minimum atomic E-state index is -3.65. The number of sulfone groups is 1. The highest BCUT2D eigenvalue weighted by Gasteiger charge is 2.23. The Morgan fingerprint density at radius 2 is 1.70 bits per heavy atom. The van der Waals surface area contributed by atoms with Gasteiger partial charge in [0.15, 0.2) is 22.3 Å². The summed E-state index contributed by atoms with van der Waals surface area (Å²) in [7, 11) is -3.65. The average molecular weight is 389 g/mol. The Balaban J connectivity index is 1.73. The average Bonchev–Trinajstić information content (AvgIpc) is 3.07. The maximum Gasteiger partial charge on any atom is 0.374 e. The molecular weight excluding hydrogens is 374 g/mol. The lowest BCUT2D eigenvalue weighted by molar-refractivity contribution is 0.0424. The predicted octanol–water partition coefficient (Wildman–Crippen LogP) is 0.960. The monoisotopic (exact) mass is 389 g/mol. The van der Waals surface area contributed by atoms with Crippen molar-refractivity contribution < 1.29 is 22.4 Å². The van der Waals surface area contributed by atoms with E-state index in [-0.39, 0.29) is 40.5 Å². The molecule has 2 heterocycles. The molecule has 3 aromatic rings. The van der Waals surface area contributed by atoms with Crippen molar-refractivity contribution in [2.24, 2.45) is 0 Å². The Morgan fingerprint density at radius 1 is 1.04 bits per heavy atom. The minimum Gasteiger partial charge on any atom is -0.457 e. The molecule has 2 aromatic heterocycles. The van der Waals surface area contributed by atoms with Crippen LogP contribution in [-0.2, 0) is 26.9 Å². The first-order chi connectivity index (χ1) is 12.8. The first-order valence-corrected chi connectivity index (χ1v) is 9.27. The number of carbonyl (C=O) groups is 1. The van der Waals surface area contributed by atoms with E-state index in [1.54, 1.807) is 18.2 Å². The first-order valence-electron chi connectivity index (χ1n) is 7.62. The van der Waals surface area contributed by atoms with Crippen LogP contribution in [0.1, 0.15) is 21.9 Å². The number of aromatic nitrogens is 3. The number of anilines is 2. The topological polar surface area (TPSA) is 164 Å². The summed E-state index contributed by atoms with van der Waals surface area (Å²) in [4.78, 5) is 23.6. The van der Waals surface area contributed by atoms with Gasteiger partial charge in [-0.15, -0.1) is 0 Å². The molecule has 140 valence electrons. The van der Waals surface area contributed by atoms with Crippen molar-refractivity contribution in [1.82, 2.24) is 15.0 Å². The van der Waals surface area contributed by atoms with E-state index in [9.17, 15) is 13.2 Å². The first kappa shape index (κ1) is 18.3. The summed E-state index contributed by atoms with van der Waals surface area (Å²) < 4.78 is 35.1. The van der Waals surface area contributed by atoms with E-state index >= 15 is 0 Å². The molecule has 11 heteroatoms. The molecule has 0 amide bonds. The quantitative estimate of drug-likeness (QED) is 0.580. The number of hydrogen-bond donors (Lipinski definition) is 2. The third-order valence-electron chi connectivity index (χ3n) is 3.43. The third-order valence-corrected chi connectivity index (χ3v) is 5.11. The van der Waals surface area contributed by atoms with Crippen LogP contribution in [0.4, 0.5) is 11.9 Å². The summed E-state index contributed by atoms with van der Waals surface area (Å²) in [6.45, 7) is -0.332. The zero-order valence-corrected chi connectivity index (χ0v) is 14.7. The molecular formula is C16H15N5O5S. The maximum absolute atomic E-state index is 12.5. The molecule has 0 fully saturated rings. The summed E-state index contributed by atoms with van der Waals surface area (Å²) in [6, 6.07) is 9.29. The van der Waals surface area contributed by atoms with Crippen molar-refractivity contribution in [2.75, 3.05) is 11.5 Å². The molecule has 0 atom stereocenters. The fourth-order valence-electron chi connectivity index (χ4n) is 2.26. The molecule has 0 aliphatic rings. The molecule has 0 spiro atoms. The lowest BCUT2D eigenvalue weighted by Crippen LogP contribution is -2.13. The summed E-state index contributed by atoms with van der Waals surface area (Å²) >= 11 is 0. The molecule has 0 aliphatic heterocycles. The number of carbonyl (C=O) groups excluding carboxylic acids is 1. The van der Waals surface area contributed by atoms with Crippen molar-refractivity contribution in [3.63, 3.8) is 0 Å². The second-order valence-electron chi connectivity index (χ2n) is 5.39. The number of rotatable bonds is 6. The fourth-order valence-corrected chi connectivity index (χ4v) is 3.64. The SMILES string of the molecule is Nc1nc(N)nc(COC(=O)c2occc2CS(=O)(=O)c2ccccc2)n1. The molecule has 27 heavy (non-hydrogen) atoms. The van der Waals surface area contributed by atoms with E-state index in [0.29, 0.717) is 0 Å². The van der Waals surface area contributed by atoms with Gasteiger partial charge in [-0.3, -0.25) is 0 Å². The Bertz CT molecular complexity index is 1050. The maximum atomic E-state index is 12.5. The van der Waals surface area contributed by atoms with Gasteiger partial charge in [-0.1, -0.05) is 18.2 Å². The Hall–Kier alpha value is -3.47. The summed E-state index contributed by atoms with van der Waals surface area (Å²) in [5, 5.41) is 0. The number of nitrogens with zero attached hydrogens (tertiary/aromatic N) is 3. The minimum absolute atomic E-state index is 0.0540. The summed E-state index contributed by atoms with van der Waals surface area (Å²) in [6.07, 6.45) is 1.21. The number of nitrogens with two attached hydrogens (primary N) is 2. The highest BCUT2D eigenvalue weighted by atomic mass is 32.2. The zero-order valence-electron chi connectivity index (χ0n) is 13.9. The van der Waals surface area contributed by atoms with Crippen molar-refractivity contribution in [3.8, 4) is 0 Å². The van der Waals surface area contributed by atoms with Crippen LogP contribution in [0.3, 0.4) is 0 Å². The highest BCUT2D eigenvalue weighted by Crippen LogP contribution is 2.20. The van der Waals surface area contributed by atoms with Gasteiger partial charge in [0.2, 0.25) is 17.7 Å². The number of esters is 1. The van der Waals surface area contributed by atoms with Crippen molar-refractivity contribution >= 4 is 27.7 Å². The van der Waals surface area contributed by atoms with Crippen LogP contribution in [0.2, 0.25) is 0 Å². The molecule has 3 rings (SSSR count). The van der Waals surface area contributed by atoms with Gasteiger partial charge in [-0.2, -0.15) is 15.0 Å². The molecule has 0 saturated heterocycles. The van der Waals surface area contributed by atoms with Gasteiger partial charge in [0.25, 0.3) is 0 Å². The molecule has 0 aliphatic carbocycles. The van der Waals surface area contributed by atoms with E-state index in [4.69, 9.17) is 20.6 Å². The Labute approximate surface area is 154 Å². The number of furan rings is 1. The molecule has 0 bridgehead atoms. The van der Waals surface area contributed by atoms with Gasteiger partial charge in [0.1, 0.15) is 0 Å². The Kier molecular flexibility index (Phi) is 5.03. The van der Waals surface area contributed by atoms with E-state index in [1.807, 2.05) is 0 Å². The van der Waals surface area contributed by atoms with Crippen molar-refractivity contribution in [2.45, 2.75) is 17.3 Å². The standard InChI is InChI=1S/C16H15N5O5S/c17-15-19-12(20-16(18)21-15)8-26-14(22)13-10(6-7-25-13)9-27(23,24)11-4-2-1-3-5-11/h1-7H,8-9H2,(H4,17,18,19,20,21). The fraction of sp³-hybridized carbons (Fsp3) is 0.125. The van der Waals surface area contributed by atoms with Crippen LogP contribution < -0.4 is 11.5 Å². The van der Waals surface area contributed by atoms with E-state index in [2.05, 4.69) is 15.0 Å². The third kappa shape index (κ3) is 4.39. The van der Waals surface area contributed by atoms with Crippen LogP contribution in [0.5, 0.6) is 0 Å². The second kappa shape index (κ2) is 7.41. The van der Waals surface area contributed by atoms with Crippen LogP contribution in [0, 0.1) is 0 Å². The molecule has 0 unspecified atom stereocenters. The molecule has 10 nitrogen and oxygen atoms in total. The lowest BCUT2D eigenvalue weighted by atomic mass is 10.3. The van der Waals surface area contributed by atoms with Crippen LogP contribution >= 0.6 is 0 Å². The summed E-state index contributed by atoms with van der Waals surface area (Å²) in [5.41, 5.74) is 11.1. The molecule has 4 N–H and O–H groups in total. The lowest BCUT2D eigenvalue weighted by Gasteiger charge is -2.06. The van der Waals surface area contributed by atoms with Crippen LogP contribution in [-0.4, -0.2) is 29.3 Å². The van der Waals surface area contributed by atoms with Gasteiger partial charge in [0, 0.05) is 5.56 Å². The van der Waals surface area contributed by atoms with Gasteiger partial charge >= 0.3 is 5.97 Å². The molecule has 0 radical (unpaired) electrons. The largest absolute Gasteiger partial charge is 0.457 e. The normalized spacial score (nSPS) is 11.3. The number of hydrogen-bond acceptors (Lipinski definition) is 10. The van der Waals surface area contributed by atoms with Crippen molar-refractivity contribution in [1.29, 1.82) is 0 Å². The van der Waals surface area contributed by atoms with E-state index < -0.39 is 21.6 Å². The predicted molar refractivity (Wildman–Crippen MR) is 93.8 cm³/mol. The number of ether oxygens (including phenoxy) is 1. The smallest absolute Gasteiger partial charge is 0.374 e. The van der Waals surface area contributed by atoms with Gasteiger partial charge < -0.3 is 20.6 Å². The number of nitrogen functional groups attached to an aromatic ring is 2. The van der Waals surface area contributed by atoms with Gasteiger partial charge in [-0.05, 0) is 18.2 Å². The number of benzene rings is 1.